The first-order valence-corrected chi connectivity index (χ1v) is 12.8. The van der Waals surface area contributed by atoms with Gasteiger partial charge in [0.05, 0.1) is 0 Å². The number of fused-ring (bicyclic) bond motifs is 2. The lowest BCUT2D eigenvalue weighted by molar-refractivity contribution is -0.136. The van der Waals surface area contributed by atoms with E-state index in [2.05, 4.69) is 33.7 Å². The Labute approximate surface area is 205 Å². The topological polar surface area (TPSA) is 94.6 Å². The van der Waals surface area contributed by atoms with Gasteiger partial charge in [-0.1, -0.05) is 18.2 Å². The molecule has 1 atom stereocenters. The third-order valence-electron chi connectivity index (χ3n) is 7.87. The van der Waals surface area contributed by atoms with Gasteiger partial charge in [0, 0.05) is 43.2 Å². The van der Waals surface area contributed by atoms with E-state index in [-0.39, 0.29) is 24.1 Å². The van der Waals surface area contributed by atoms with Crippen molar-refractivity contribution in [3.8, 4) is 0 Å². The first-order valence-electron chi connectivity index (χ1n) is 12.8. The van der Waals surface area contributed by atoms with Crippen LogP contribution < -0.4 is 15.5 Å². The molecule has 3 amide bonds. The molecule has 0 radical (unpaired) electrons. The second kappa shape index (κ2) is 9.07. The molecule has 4 aliphatic rings. The third kappa shape index (κ3) is 4.20. The molecule has 2 aromatic rings. The summed E-state index contributed by atoms with van der Waals surface area (Å²) in [4.78, 5) is 46.2. The third-order valence-corrected chi connectivity index (χ3v) is 7.87. The first kappa shape index (κ1) is 22.2. The smallest absolute Gasteiger partial charge is 0.255 e. The highest BCUT2D eigenvalue weighted by Crippen LogP contribution is 2.33. The summed E-state index contributed by atoms with van der Waals surface area (Å²) in [6.07, 6.45) is 5.05. The van der Waals surface area contributed by atoms with Crippen molar-refractivity contribution in [1.29, 1.82) is 0 Å². The lowest BCUT2D eigenvalue weighted by atomic mass is 9.93. The van der Waals surface area contributed by atoms with Crippen LogP contribution in [0.3, 0.4) is 0 Å². The molecule has 4 aliphatic heterocycles. The summed E-state index contributed by atoms with van der Waals surface area (Å²) in [6.45, 7) is 4.16. The molecule has 1 unspecified atom stereocenters. The SMILES string of the molecule is O=C1CCC(N2Cc3ccc(CN4CCCc5ccc(C6CCNCC6)nc54)cc3C2=O)C(=O)N1. The molecular formula is C27H31N5O3. The summed E-state index contributed by atoms with van der Waals surface area (Å²) >= 11 is 0. The predicted octanol–water partition coefficient (Wildman–Crippen LogP) is 2.26. The number of benzene rings is 1. The first-order chi connectivity index (χ1) is 17.1. The quantitative estimate of drug-likeness (QED) is 0.662. The summed E-state index contributed by atoms with van der Waals surface area (Å²) in [7, 11) is 0. The molecule has 35 heavy (non-hydrogen) atoms. The molecule has 1 aromatic carbocycles. The van der Waals surface area contributed by atoms with Gasteiger partial charge in [-0.3, -0.25) is 19.7 Å². The van der Waals surface area contributed by atoms with Crippen LogP contribution in [0.4, 0.5) is 5.82 Å². The molecule has 2 saturated heterocycles. The van der Waals surface area contributed by atoms with Crippen molar-refractivity contribution in [1.82, 2.24) is 20.5 Å². The van der Waals surface area contributed by atoms with Crippen LogP contribution in [0.5, 0.6) is 0 Å². The minimum atomic E-state index is -0.581. The average Bonchev–Trinajstić information content (AvgIpc) is 3.20. The van der Waals surface area contributed by atoms with Crippen LogP contribution in [0.25, 0.3) is 0 Å². The van der Waals surface area contributed by atoms with Gasteiger partial charge in [0.15, 0.2) is 0 Å². The van der Waals surface area contributed by atoms with Gasteiger partial charge in [-0.15, -0.1) is 0 Å². The molecule has 0 bridgehead atoms. The van der Waals surface area contributed by atoms with Crippen molar-refractivity contribution in [2.24, 2.45) is 0 Å². The minimum Gasteiger partial charge on any atom is -0.352 e. The number of anilines is 1. The fourth-order valence-electron chi connectivity index (χ4n) is 5.95. The molecule has 0 spiro atoms. The van der Waals surface area contributed by atoms with E-state index in [4.69, 9.17) is 4.98 Å². The van der Waals surface area contributed by atoms with Crippen LogP contribution in [0, 0.1) is 0 Å². The summed E-state index contributed by atoms with van der Waals surface area (Å²) in [5.41, 5.74) is 5.18. The normalized spacial score (nSPS) is 22.7. The number of rotatable bonds is 4. The number of amides is 3. The van der Waals surface area contributed by atoms with E-state index < -0.39 is 6.04 Å². The van der Waals surface area contributed by atoms with Crippen molar-refractivity contribution < 1.29 is 14.4 Å². The van der Waals surface area contributed by atoms with Gasteiger partial charge in [-0.2, -0.15) is 0 Å². The Kier molecular flexibility index (Phi) is 5.76. The molecule has 8 nitrogen and oxygen atoms in total. The highest BCUT2D eigenvalue weighted by molar-refractivity contribution is 6.05. The van der Waals surface area contributed by atoms with Crippen molar-refractivity contribution >= 4 is 23.5 Å². The molecule has 2 fully saturated rings. The Hall–Kier alpha value is -3.26. The average molecular weight is 474 g/mol. The number of carbonyl (C=O) groups is 3. The van der Waals surface area contributed by atoms with Crippen molar-refractivity contribution in [2.75, 3.05) is 24.5 Å². The number of piperidine rings is 2. The Morgan fingerprint density at radius 2 is 1.80 bits per heavy atom. The minimum absolute atomic E-state index is 0.123. The van der Waals surface area contributed by atoms with E-state index in [1.165, 1.54) is 11.3 Å². The number of imide groups is 1. The second-order valence-electron chi connectivity index (χ2n) is 10.2. The number of hydrogen-bond donors (Lipinski definition) is 2. The zero-order valence-electron chi connectivity index (χ0n) is 19.9. The van der Waals surface area contributed by atoms with E-state index in [1.54, 1.807) is 4.90 Å². The zero-order chi connectivity index (χ0) is 23.9. The second-order valence-corrected chi connectivity index (χ2v) is 10.2. The van der Waals surface area contributed by atoms with E-state index in [0.717, 1.165) is 62.3 Å². The maximum Gasteiger partial charge on any atom is 0.255 e. The number of carbonyl (C=O) groups excluding carboxylic acids is 3. The molecule has 0 saturated carbocycles. The molecule has 2 N–H and O–H groups in total. The largest absolute Gasteiger partial charge is 0.352 e. The predicted molar refractivity (Wildman–Crippen MR) is 131 cm³/mol. The summed E-state index contributed by atoms with van der Waals surface area (Å²) < 4.78 is 0. The van der Waals surface area contributed by atoms with Crippen molar-refractivity contribution in [3.63, 3.8) is 0 Å². The van der Waals surface area contributed by atoms with Crippen LogP contribution in [-0.4, -0.2) is 53.3 Å². The van der Waals surface area contributed by atoms with Gasteiger partial charge in [0.25, 0.3) is 5.91 Å². The van der Waals surface area contributed by atoms with Gasteiger partial charge in [0.2, 0.25) is 11.8 Å². The van der Waals surface area contributed by atoms with E-state index in [0.29, 0.717) is 31.0 Å². The Balaban J connectivity index is 1.21. The van der Waals surface area contributed by atoms with Crippen LogP contribution in [0.15, 0.2) is 30.3 Å². The van der Waals surface area contributed by atoms with Gasteiger partial charge in [0.1, 0.15) is 11.9 Å². The molecule has 1 aromatic heterocycles. The summed E-state index contributed by atoms with van der Waals surface area (Å²) in [5, 5.41) is 5.80. The lowest BCUT2D eigenvalue weighted by Gasteiger charge is -2.32. The number of aryl methyl sites for hydroxylation is 1. The maximum absolute atomic E-state index is 13.2. The van der Waals surface area contributed by atoms with E-state index in [1.807, 2.05) is 12.1 Å². The highest BCUT2D eigenvalue weighted by atomic mass is 16.2. The van der Waals surface area contributed by atoms with Crippen molar-refractivity contribution in [3.05, 3.63) is 58.3 Å². The highest BCUT2D eigenvalue weighted by Gasteiger charge is 2.39. The number of hydrogen-bond acceptors (Lipinski definition) is 6. The molecular weight excluding hydrogens is 442 g/mol. The van der Waals surface area contributed by atoms with Crippen LogP contribution in [-0.2, 0) is 29.1 Å². The Morgan fingerprint density at radius 1 is 0.971 bits per heavy atom. The number of nitrogens with one attached hydrogen (secondary N) is 2. The van der Waals surface area contributed by atoms with Crippen LogP contribution in [0.2, 0.25) is 0 Å². The standard InChI is InChI=1S/C27H31N5O3/c33-24-8-7-23(26(34)30-24)32-16-20-4-3-17(14-21(20)27(32)35)15-31-13-1-2-19-5-6-22(29-25(19)31)18-9-11-28-12-10-18/h3-6,14,18,23,28H,1-2,7-13,15-16H2,(H,30,33,34). The summed E-state index contributed by atoms with van der Waals surface area (Å²) in [5.74, 6) is 0.840. The molecule has 5 heterocycles. The van der Waals surface area contributed by atoms with Crippen LogP contribution in [0.1, 0.15) is 70.8 Å². The van der Waals surface area contributed by atoms with Gasteiger partial charge in [-0.25, -0.2) is 4.98 Å². The number of pyridine rings is 1. The van der Waals surface area contributed by atoms with Crippen LogP contribution >= 0.6 is 0 Å². The molecule has 6 rings (SSSR count). The van der Waals surface area contributed by atoms with Gasteiger partial charge >= 0.3 is 0 Å². The summed E-state index contributed by atoms with van der Waals surface area (Å²) in [6, 6.07) is 9.98. The van der Waals surface area contributed by atoms with Gasteiger partial charge in [-0.05, 0) is 74.0 Å². The lowest BCUT2D eigenvalue weighted by Crippen LogP contribution is -2.52. The Morgan fingerprint density at radius 3 is 2.63 bits per heavy atom. The molecule has 182 valence electrons. The van der Waals surface area contributed by atoms with Gasteiger partial charge < -0.3 is 15.1 Å². The maximum atomic E-state index is 13.2. The molecule has 8 heteroatoms. The zero-order valence-corrected chi connectivity index (χ0v) is 19.9. The monoisotopic (exact) mass is 473 g/mol. The van der Waals surface area contributed by atoms with E-state index >= 15 is 0 Å². The fraction of sp³-hybridized carbons (Fsp3) is 0.481. The fourth-order valence-corrected chi connectivity index (χ4v) is 5.95. The number of nitrogens with zero attached hydrogens (tertiary/aromatic N) is 3. The van der Waals surface area contributed by atoms with E-state index in [9.17, 15) is 14.4 Å². The Bertz CT molecular complexity index is 1190. The molecule has 0 aliphatic carbocycles. The number of aromatic nitrogens is 1. The van der Waals surface area contributed by atoms with Crippen molar-refractivity contribution in [2.45, 2.75) is 63.6 Å².